The standard InChI is InChI=1S/C17H21NO3/c19-16(18-9-8-11-4-2-1-3-5-11)14-12-6-7-13(10-12)15(14)17(20)21/h1-5,12-15H,6-10H2,(H,18,19)(H,20,21)/t12-,13+,14-,15+/m1/s1. The molecule has 0 aromatic heterocycles. The molecule has 0 spiro atoms. The van der Waals surface area contributed by atoms with Crippen LogP contribution < -0.4 is 5.32 Å². The quantitative estimate of drug-likeness (QED) is 0.871. The van der Waals surface area contributed by atoms with E-state index in [0.29, 0.717) is 6.54 Å². The topological polar surface area (TPSA) is 66.4 Å². The van der Waals surface area contributed by atoms with Crippen LogP contribution >= 0.6 is 0 Å². The number of carbonyl (C=O) groups is 2. The highest BCUT2D eigenvalue weighted by Gasteiger charge is 2.53. The van der Waals surface area contributed by atoms with Crippen molar-refractivity contribution in [3.63, 3.8) is 0 Å². The third kappa shape index (κ3) is 2.80. The van der Waals surface area contributed by atoms with Crippen LogP contribution in [-0.4, -0.2) is 23.5 Å². The smallest absolute Gasteiger partial charge is 0.307 e. The van der Waals surface area contributed by atoms with Crippen LogP contribution in [0.15, 0.2) is 30.3 Å². The van der Waals surface area contributed by atoms with E-state index in [4.69, 9.17) is 0 Å². The number of hydrogen-bond acceptors (Lipinski definition) is 2. The van der Waals surface area contributed by atoms with E-state index in [1.165, 1.54) is 5.56 Å². The van der Waals surface area contributed by atoms with Gasteiger partial charge in [0.05, 0.1) is 11.8 Å². The molecule has 0 aliphatic heterocycles. The lowest BCUT2D eigenvalue weighted by atomic mass is 9.78. The van der Waals surface area contributed by atoms with E-state index in [0.717, 1.165) is 25.7 Å². The predicted octanol–water partition coefficient (Wildman–Crippen LogP) is 2.09. The summed E-state index contributed by atoms with van der Waals surface area (Å²) < 4.78 is 0. The lowest BCUT2D eigenvalue weighted by Crippen LogP contribution is -2.41. The van der Waals surface area contributed by atoms with Crippen LogP contribution in [0, 0.1) is 23.7 Å². The van der Waals surface area contributed by atoms with Crippen molar-refractivity contribution in [3.05, 3.63) is 35.9 Å². The fraction of sp³-hybridized carbons (Fsp3) is 0.529. The lowest BCUT2D eigenvalue weighted by molar-refractivity contribution is -0.149. The van der Waals surface area contributed by atoms with Gasteiger partial charge in [-0.3, -0.25) is 9.59 Å². The van der Waals surface area contributed by atoms with Gasteiger partial charge in [0.25, 0.3) is 0 Å². The van der Waals surface area contributed by atoms with Crippen molar-refractivity contribution in [2.75, 3.05) is 6.54 Å². The predicted molar refractivity (Wildman–Crippen MR) is 78.6 cm³/mol. The Morgan fingerprint density at radius 3 is 2.43 bits per heavy atom. The van der Waals surface area contributed by atoms with E-state index in [2.05, 4.69) is 5.32 Å². The second kappa shape index (κ2) is 5.88. The second-order valence-corrected chi connectivity index (χ2v) is 6.25. The summed E-state index contributed by atoms with van der Waals surface area (Å²) in [6.07, 6.45) is 3.67. The minimum atomic E-state index is -0.801. The van der Waals surface area contributed by atoms with Gasteiger partial charge in [-0.15, -0.1) is 0 Å². The van der Waals surface area contributed by atoms with Gasteiger partial charge >= 0.3 is 5.97 Å². The van der Waals surface area contributed by atoms with Crippen molar-refractivity contribution >= 4 is 11.9 Å². The van der Waals surface area contributed by atoms with E-state index in [1.807, 2.05) is 30.3 Å². The summed E-state index contributed by atoms with van der Waals surface area (Å²) >= 11 is 0. The van der Waals surface area contributed by atoms with Crippen molar-refractivity contribution in [1.82, 2.24) is 5.32 Å². The van der Waals surface area contributed by atoms with Crippen molar-refractivity contribution in [1.29, 1.82) is 0 Å². The summed E-state index contributed by atoms with van der Waals surface area (Å²) in [5, 5.41) is 12.3. The molecule has 4 atom stereocenters. The van der Waals surface area contributed by atoms with Gasteiger partial charge in [0.15, 0.2) is 0 Å². The molecule has 2 aliphatic carbocycles. The van der Waals surface area contributed by atoms with Crippen LogP contribution in [0.2, 0.25) is 0 Å². The molecule has 112 valence electrons. The van der Waals surface area contributed by atoms with Crippen molar-refractivity contribution in [2.45, 2.75) is 25.7 Å². The zero-order valence-electron chi connectivity index (χ0n) is 12.0. The van der Waals surface area contributed by atoms with E-state index in [1.54, 1.807) is 0 Å². The summed E-state index contributed by atoms with van der Waals surface area (Å²) in [6.45, 7) is 0.572. The summed E-state index contributed by atoms with van der Waals surface area (Å²) in [7, 11) is 0. The Kier molecular flexibility index (Phi) is 3.95. The van der Waals surface area contributed by atoms with E-state index < -0.39 is 11.9 Å². The molecule has 21 heavy (non-hydrogen) atoms. The minimum Gasteiger partial charge on any atom is -0.481 e. The molecule has 0 heterocycles. The zero-order valence-corrected chi connectivity index (χ0v) is 12.0. The number of carboxylic acids is 1. The number of aliphatic carboxylic acids is 1. The fourth-order valence-corrected chi connectivity index (χ4v) is 4.12. The number of carbonyl (C=O) groups excluding carboxylic acids is 1. The van der Waals surface area contributed by atoms with Gasteiger partial charge in [-0.1, -0.05) is 30.3 Å². The summed E-state index contributed by atoms with van der Waals surface area (Å²) in [4.78, 5) is 23.8. The molecule has 1 aromatic rings. The number of rotatable bonds is 5. The van der Waals surface area contributed by atoms with Crippen molar-refractivity contribution < 1.29 is 14.7 Å². The Morgan fingerprint density at radius 1 is 1.10 bits per heavy atom. The van der Waals surface area contributed by atoms with Gasteiger partial charge in [0, 0.05) is 6.54 Å². The van der Waals surface area contributed by atoms with Gasteiger partial charge in [0.1, 0.15) is 0 Å². The average molecular weight is 287 g/mol. The van der Waals surface area contributed by atoms with Crippen LogP contribution in [0.1, 0.15) is 24.8 Å². The lowest BCUT2D eigenvalue weighted by Gasteiger charge is -2.27. The molecule has 0 saturated heterocycles. The number of benzene rings is 1. The van der Waals surface area contributed by atoms with Gasteiger partial charge in [0.2, 0.25) is 5.91 Å². The molecule has 4 heteroatoms. The molecule has 0 unspecified atom stereocenters. The maximum atomic E-state index is 12.4. The Labute approximate surface area is 124 Å². The largest absolute Gasteiger partial charge is 0.481 e. The first-order valence-electron chi connectivity index (χ1n) is 7.71. The molecule has 2 N–H and O–H groups in total. The summed E-state index contributed by atoms with van der Waals surface area (Å²) in [5.41, 5.74) is 1.18. The fourth-order valence-electron chi connectivity index (χ4n) is 4.12. The highest BCUT2D eigenvalue weighted by Crippen LogP contribution is 2.52. The number of carboxylic acid groups (broad SMARTS) is 1. The van der Waals surface area contributed by atoms with E-state index in [9.17, 15) is 14.7 Å². The SMILES string of the molecule is O=C(NCCc1ccccc1)[C@@H]1[C@@H]2CC[C@@H](C2)[C@@H]1C(=O)O. The second-order valence-electron chi connectivity index (χ2n) is 6.25. The third-order valence-corrected chi connectivity index (χ3v) is 5.06. The van der Waals surface area contributed by atoms with Gasteiger partial charge in [-0.05, 0) is 43.1 Å². The Bertz CT molecular complexity index is 528. The van der Waals surface area contributed by atoms with Gasteiger partial charge in [-0.25, -0.2) is 0 Å². The molecule has 1 amide bonds. The minimum absolute atomic E-state index is 0.0643. The first-order valence-corrected chi connectivity index (χ1v) is 7.71. The van der Waals surface area contributed by atoms with Crippen LogP contribution in [0.4, 0.5) is 0 Å². The zero-order chi connectivity index (χ0) is 14.8. The highest BCUT2D eigenvalue weighted by atomic mass is 16.4. The van der Waals surface area contributed by atoms with Crippen molar-refractivity contribution in [2.24, 2.45) is 23.7 Å². The van der Waals surface area contributed by atoms with Crippen LogP contribution in [0.5, 0.6) is 0 Å². The van der Waals surface area contributed by atoms with E-state index in [-0.39, 0.29) is 23.7 Å². The maximum Gasteiger partial charge on any atom is 0.307 e. The molecular weight excluding hydrogens is 266 g/mol. The molecule has 2 saturated carbocycles. The molecule has 3 rings (SSSR count). The summed E-state index contributed by atoms with van der Waals surface area (Å²) in [5.74, 6) is -1.18. The average Bonchev–Trinajstić information content (AvgIpc) is 3.08. The maximum absolute atomic E-state index is 12.4. The molecule has 2 fully saturated rings. The third-order valence-electron chi connectivity index (χ3n) is 5.06. The molecule has 2 bridgehead atoms. The van der Waals surface area contributed by atoms with Crippen molar-refractivity contribution in [3.8, 4) is 0 Å². The highest BCUT2D eigenvalue weighted by molar-refractivity contribution is 5.86. The van der Waals surface area contributed by atoms with Gasteiger partial charge < -0.3 is 10.4 Å². The monoisotopic (exact) mass is 287 g/mol. The number of hydrogen-bond donors (Lipinski definition) is 2. The number of nitrogens with one attached hydrogen (secondary N) is 1. The Morgan fingerprint density at radius 2 is 1.76 bits per heavy atom. The first-order chi connectivity index (χ1) is 10.2. The first kappa shape index (κ1) is 14.1. The van der Waals surface area contributed by atoms with Crippen LogP contribution in [0.25, 0.3) is 0 Å². The number of fused-ring (bicyclic) bond motifs is 2. The molecular formula is C17H21NO3. The molecule has 0 radical (unpaired) electrons. The van der Waals surface area contributed by atoms with Crippen LogP contribution in [0.3, 0.4) is 0 Å². The van der Waals surface area contributed by atoms with Crippen LogP contribution in [-0.2, 0) is 16.0 Å². The Balaban J connectivity index is 1.56. The Hall–Kier alpha value is -1.84. The van der Waals surface area contributed by atoms with Gasteiger partial charge in [-0.2, -0.15) is 0 Å². The van der Waals surface area contributed by atoms with E-state index >= 15 is 0 Å². The normalized spacial score (nSPS) is 30.3. The molecule has 2 aliphatic rings. The molecule has 1 aromatic carbocycles. The number of amides is 1. The molecule has 4 nitrogen and oxygen atoms in total. The summed E-state index contributed by atoms with van der Waals surface area (Å²) in [6, 6.07) is 9.99.